The highest BCUT2D eigenvalue weighted by Crippen LogP contribution is 2.29. The lowest BCUT2D eigenvalue weighted by molar-refractivity contribution is -0.138. The lowest BCUT2D eigenvalue weighted by Gasteiger charge is -2.34. The number of nitrogens with zero attached hydrogens (tertiary/aromatic N) is 4. The Morgan fingerprint density at radius 2 is 1.78 bits per heavy atom. The van der Waals surface area contributed by atoms with Crippen molar-refractivity contribution in [3.63, 3.8) is 0 Å². The maximum Gasteiger partial charge on any atom is 0.229 e. The van der Waals surface area contributed by atoms with Crippen LogP contribution in [0.2, 0.25) is 0 Å². The molecule has 2 saturated heterocycles. The summed E-state index contributed by atoms with van der Waals surface area (Å²) in [5, 5.41) is 12.6. The van der Waals surface area contributed by atoms with E-state index in [-0.39, 0.29) is 41.5 Å². The van der Waals surface area contributed by atoms with E-state index in [2.05, 4.69) is 15.5 Å². The number of methoxy groups -OCH3 is 1. The number of hydrogen-bond acceptors (Lipinski definition) is 7. The van der Waals surface area contributed by atoms with Crippen LogP contribution in [0.25, 0.3) is 0 Å². The van der Waals surface area contributed by atoms with Crippen molar-refractivity contribution in [2.75, 3.05) is 32.1 Å². The Labute approximate surface area is 216 Å². The van der Waals surface area contributed by atoms with Crippen LogP contribution in [0.15, 0.2) is 24.3 Å². The molecule has 2 aliphatic rings. The second-order valence-corrected chi connectivity index (χ2v) is 11.6. The van der Waals surface area contributed by atoms with E-state index in [4.69, 9.17) is 4.74 Å². The fourth-order valence-electron chi connectivity index (χ4n) is 4.80. The Morgan fingerprint density at radius 1 is 1.08 bits per heavy atom. The van der Waals surface area contributed by atoms with Gasteiger partial charge in [-0.05, 0) is 57.7 Å². The Hall–Kier alpha value is -3.01. The number of benzene rings is 1. The number of nitrogens with one attached hydrogen (secondary N) is 1. The lowest BCUT2D eigenvalue weighted by atomic mass is 9.94. The molecule has 36 heavy (non-hydrogen) atoms. The van der Waals surface area contributed by atoms with E-state index in [0.717, 1.165) is 23.6 Å². The molecule has 3 amide bonds. The van der Waals surface area contributed by atoms with Gasteiger partial charge in [0.15, 0.2) is 0 Å². The molecule has 4 rings (SSSR count). The highest BCUT2D eigenvalue weighted by atomic mass is 32.1. The maximum absolute atomic E-state index is 13.0. The van der Waals surface area contributed by atoms with Gasteiger partial charge in [0.25, 0.3) is 0 Å². The monoisotopic (exact) mass is 513 g/mol. The predicted molar refractivity (Wildman–Crippen MR) is 138 cm³/mol. The second kappa shape index (κ2) is 10.9. The van der Waals surface area contributed by atoms with Crippen LogP contribution in [0.5, 0.6) is 5.75 Å². The maximum atomic E-state index is 13.0. The molecular formula is C26H35N5O4S. The first-order valence-corrected chi connectivity index (χ1v) is 13.3. The average molecular weight is 514 g/mol. The molecule has 9 nitrogen and oxygen atoms in total. The number of piperidine rings is 1. The van der Waals surface area contributed by atoms with E-state index in [1.54, 1.807) is 12.0 Å². The summed E-state index contributed by atoms with van der Waals surface area (Å²) in [7, 11) is 1.65. The van der Waals surface area contributed by atoms with Crippen LogP contribution in [-0.2, 0) is 27.2 Å². The minimum absolute atomic E-state index is 0.0274. The van der Waals surface area contributed by atoms with Crippen molar-refractivity contribution < 1.29 is 19.1 Å². The first kappa shape index (κ1) is 26.1. The third kappa shape index (κ3) is 6.21. The third-order valence-corrected chi connectivity index (χ3v) is 7.84. The van der Waals surface area contributed by atoms with Gasteiger partial charge < -0.3 is 19.9 Å². The Morgan fingerprint density at radius 3 is 2.39 bits per heavy atom. The highest BCUT2D eigenvalue weighted by molar-refractivity contribution is 7.15. The predicted octanol–water partition coefficient (Wildman–Crippen LogP) is 3.16. The second-order valence-electron chi connectivity index (χ2n) is 10.5. The molecule has 0 spiro atoms. The van der Waals surface area contributed by atoms with Crippen LogP contribution in [-0.4, -0.2) is 70.0 Å². The molecular weight excluding hydrogens is 478 g/mol. The van der Waals surface area contributed by atoms with Crippen LogP contribution in [0, 0.1) is 11.8 Å². The van der Waals surface area contributed by atoms with Gasteiger partial charge in [-0.3, -0.25) is 14.4 Å². The summed E-state index contributed by atoms with van der Waals surface area (Å²) in [5.41, 5.74) is 0.906. The first-order chi connectivity index (χ1) is 17.1. The molecule has 1 unspecified atom stereocenters. The van der Waals surface area contributed by atoms with Crippen LogP contribution in [0.4, 0.5) is 5.13 Å². The van der Waals surface area contributed by atoms with Crippen molar-refractivity contribution in [3.8, 4) is 5.75 Å². The Kier molecular flexibility index (Phi) is 7.92. The highest BCUT2D eigenvalue weighted by Gasteiger charge is 2.41. The fourth-order valence-corrected chi connectivity index (χ4v) is 5.54. The van der Waals surface area contributed by atoms with Gasteiger partial charge in [0, 0.05) is 43.9 Å². The van der Waals surface area contributed by atoms with Gasteiger partial charge in [-0.1, -0.05) is 23.5 Å². The van der Waals surface area contributed by atoms with Gasteiger partial charge in [-0.2, -0.15) is 0 Å². The van der Waals surface area contributed by atoms with Gasteiger partial charge in [-0.25, -0.2) is 0 Å². The molecule has 194 valence electrons. The van der Waals surface area contributed by atoms with Crippen molar-refractivity contribution in [3.05, 3.63) is 34.8 Å². The number of hydrogen-bond donors (Lipinski definition) is 1. The third-order valence-electron chi connectivity index (χ3n) is 6.95. The molecule has 2 aliphatic heterocycles. The average Bonchev–Trinajstić information content (AvgIpc) is 3.48. The quantitative estimate of drug-likeness (QED) is 0.610. The van der Waals surface area contributed by atoms with E-state index in [1.807, 2.05) is 49.9 Å². The number of carbonyl (C=O) groups is 3. The van der Waals surface area contributed by atoms with Gasteiger partial charge in [-0.15, -0.1) is 10.2 Å². The summed E-state index contributed by atoms with van der Waals surface area (Å²) in [6, 6.07) is 7.94. The Balaban J connectivity index is 1.22. The normalized spacial score (nSPS) is 19.0. The molecule has 1 N–H and O–H groups in total. The number of carbonyl (C=O) groups excluding carboxylic acids is 3. The van der Waals surface area contributed by atoms with Crippen LogP contribution >= 0.6 is 11.3 Å². The standard InChI is InChI=1S/C26H35N5O4S/c1-26(2,3)31-16-19(15-22(31)32)24(34)30-13-11-18(12-14-30)23(33)27-25-29-28-21(36-25)10-7-17-5-8-20(35-4)9-6-17/h5-6,8-9,18-19H,7,10-16H2,1-4H3,(H,27,29,33). The minimum Gasteiger partial charge on any atom is -0.497 e. The summed E-state index contributed by atoms with van der Waals surface area (Å²) >= 11 is 1.40. The zero-order chi connectivity index (χ0) is 25.9. The fraction of sp³-hybridized carbons (Fsp3) is 0.577. The summed E-state index contributed by atoms with van der Waals surface area (Å²) in [6.07, 6.45) is 3.05. The van der Waals surface area contributed by atoms with E-state index in [9.17, 15) is 14.4 Å². The van der Waals surface area contributed by atoms with Gasteiger partial charge in [0.05, 0.1) is 13.0 Å². The molecule has 1 aromatic carbocycles. The molecule has 3 heterocycles. The van der Waals surface area contributed by atoms with E-state index < -0.39 is 0 Å². The SMILES string of the molecule is COc1ccc(CCc2nnc(NC(=O)C3CCN(C(=O)C4CC(=O)N(C(C)(C)C)C4)CC3)s2)cc1. The number of amides is 3. The number of likely N-dealkylation sites (tertiary alicyclic amines) is 2. The van der Waals surface area contributed by atoms with Crippen molar-refractivity contribution in [2.24, 2.45) is 11.8 Å². The van der Waals surface area contributed by atoms with Crippen molar-refractivity contribution in [2.45, 2.75) is 58.4 Å². The van der Waals surface area contributed by atoms with Gasteiger partial charge >= 0.3 is 0 Å². The van der Waals surface area contributed by atoms with Crippen molar-refractivity contribution in [1.29, 1.82) is 0 Å². The summed E-state index contributed by atoms with van der Waals surface area (Å²) in [6.45, 7) is 7.50. The molecule has 10 heteroatoms. The van der Waals surface area contributed by atoms with Crippen LogP contribution in [0.1, 0.15) is 50.6 Å². The number of anilines is 1. The van der Waals surface area contributed by atoms with Crippen LogP contribution < -0.4 is 10.1 Å². The number of aryl methyl sites for hydroxylation is 2. The number of ether oxygens (including phenoxy) is 1. The van der Waals surface area contributed by atoms with Crippen LogP contribution in [0.3, 0.4) is 0 Å². The zero-order valence-corrected chi connectivity index (χ0v) is 22.3. The lowest BCUT2D eigenvalue weighted by Crippen LogP contribution is -2.46. The first-order valence-electron chi connectivity index (χ1n) is 12.5. The Bertz CT molecular complexity index is 1090. The van der Waals surface area contributed by atoms with Crippen molar-refractivity contribution >= 4 is 34.2 Å². The molecule has 2 aromatic rings. The van der Waals surface area contributed by atoms with E-state index in [1.165, 1.54) is 16.9 Å². The molecule has 0 bridgehead atoms. The number of aromatic nitrogens is 2. The molecule has 2 fully saturated rings. The van der Waals surface area contributed by atoms with Gasteiger partial charge in [0.2, 0.25) is 22.9 Å². The summed E-state index contributed by atoms with van der Waals surface area (Å²) < 4.78 is 5.19. The largest absolute Gasteiger partial charge is 0.497 e. The zero-order valence-electron chi connectivity index (χ0n) is 21.5. The molecule has 1 atom stereocenters. The van der Waals surface area contributed by atoms with Gasteiger partial charge in [0.1, 0.15) is 10.8 Å². The summed E-state index contributed by atoms with van der Waals surface area (Å²) in [5.74, 6) is 0.359. The molecule has 0 radical (unpaired) electrons. The smallest absolute Gasteiger partial charge is 0.229 e. The summed E-state index contributed by atoms with van der Waals surface area (Å²) in [4.78, 5) is 41.8. The molecule has 0 saturated carbocycles. The topological polar surface area (TPSA) is 105 Å². The molecule has 0 aliphatic carbocycles. The van der Waals surface area contributed by atoms with Crippen molar-refractivity contribution in [1.82, 2.24) is 20.0 Å². The minimum atomic E-state index is -0.292. The molecule has 1 aromatic heterocycles. The van der Waals surface area contributed by atoms with E-state index >= 15 is 0 Å². The number of rotatable bonds is 7. The van der Waals surface area contributed by atoms with E-state index in [0.29, 0.717) is 37.6 Å².